The molecule has 1 aromatic carbocycles. The summed E-state index contributed by atoms with van der Waals surface area (Å²) in [4.78, 5) is 0. The van der Waals surface area contributed by atoms with Crippen molar-refractivity contribution in [1.29, 1.82) is 0 Å². The van der Waals surface area contributed by atoms with Gasteiger partial charge in [0, 0.05) is 12.1 Å². The van der Waals surface area contributed by atoms with Crippen molar-refractivity contribution >= 4 is 15.9 Å². The molecule has 2 nitrogen and oxygen atoms in total. The number of para-hydroxylation sites is 1. The number of benzene rings is 1. The molecule has 0 radical (unpaired) electrons. The summed E-state index contributed by atoms with van der Waals surface area (Å²) in [6, 6.07) is 5.79. The zero-order valence-corrected chi connectivity index (χ0v) is 12.5. The highest BCUT2D eigenvalue weighted by molar-refractivity contribution is 9.10. The van der Waals surface area contributed by atoms with Gasteiger partial charge in [-0.3, -0.25) is 0 Å². The van der Waals surface area contributed by atoms with E-state index in [2.05, 4.69) is 28.2 Å². The molecule has 0 aliphatic heterocycles. The fourth-order valence-electron chi connectivity index (χ4n) is 2.86. The molecule has 3 heteroatoms. The normalized spacial score (nSPS) is 24.1. The summed E-state index contributed by atoms with van der Waals surface area (Å²) in [5.41, 5.74) is 0.966. The number of rotatable bonds is 4. The predicted octanol–water partition coefficient (Wildman–Crippen LogP) is 4.07. The van der Waals surface area contributed by atoms with E-state index in [0.717, 1.165) is 35.0 Å². The first kappa shape index (κ1) is 13.9. The van der Waals surface area contributed by atoms with Crippen LogP contribution in [0.15, 0.2) is 22.7 Å². The van der Waals surface area contributed by atoms with Crippen LogP contribution in [0.3, 0.4) is 0 Å². The fourth-order valence-corrected chi connectivity index (χ4v) is 3.27. The monoisotopic (exact) mass is 311 g/mol. The smallest absolute Gasteiger partial charge is 0.134 e. The molecule has 18 heavy (non-hydrogen) atoms. The maximum Gasteiger partial charge on any atom is 0.134 e. The molecular formula is C15H22BrNO. The first-order valence-corrected chi connectivity index (χ1v) is 7.63. The Kier molecular flexibility index (Phi) is 5.07. The van der Waals surface area contributed by atoms with E-state index in [0.29, 0.717) is 5.75 Å². The molecule has 0 amide bonds. The summed E-state index contributed by atoms with van der Waals surface area (Å²) < 4.78 is 0.771. The highest BCUT2D eigenvalue weighted by Gasteiger charge is 2.18. The van der Waals surface area contributed by atoms with Crippen LogP contribution in [-0.4, -0.2) is 11.7 Å². The second kappa shape index (κ2) is 6.58. The van der Waals surface area contributed by atoms with Crippen LogP contribution < -0.4 is 5.32 Å². The molecule has 1 aliphatic carbocycles. The predicted molar refractivity (Wildman–Crippen MR) is 78.6 cm³/mol. The van der Waals surface area contributed by atoms with Gasteiger partial charge in [-0.05, 0) is 53.2 Å². The summed E-state index contributed by atoms with van der Waals surface area (Å²) in [6.45, 7) is 4.17. The molecule has 100 valence electrons. The maximum absolute atomic E-state index is 9.89. The first-order valence-electron chi connectivity index (χ1n) is 6.84. The Hall–Kier alpha value is -0.540. The lowest BCUT2D eigenvalue weighted by Crippen LogP contribution is -2.26. The van der Waals surface area contributed by atoms with E-state index in [1.54, 1.807) is 0 Å². The lowest BCUT2D eigenvalue weighted by Gasteiger charge is -2.26. The summed E-state index contributed by atoms with van der Waals surface area (Å²) in [7, 11) is 0. The van der Waals surface area contributed by atoms with Crippen molar-refractivity contribution in [2.24, 2.45) is 11.8 Å². The molecule has 0 aromatic heterocycles. The third kappa shape index (κ3) is 3.72. The Balaban J connectivity index is 1.79. The Labute approximate surface area is 118 Å². The van der Waals surface area contributed by atoms with Gasteiger partial charge in [0.05, 0.1) is 4.47 Å². The van der Waals surface area contributed by atoms with Crippen LogP contribution in [0.25, 0.3) is 0 Å². The molecule has 1 aromatic rings. The third-order valence-electron chi connectivity index (χ3n) is 3.86. The van der Waals surface area contributed by atoms with Gasteiger partial charge in [-0.25, -0.2) is 0 Å². The van der Waals surface area contributed by atoms with E-state index in [4.69, 9.17) is 0 Å². The number of hydrogen-bond acceptors (Lipinski definition) is 2. The summed E-state index contributed by atoms with van der Waals surface area (Å²) in [5.74, 6) is 2.05. The number of nitrogens with one attached hydrogen (secondary N) is 1. The minimum absolute atomic E-state index is 0.363. The summed E-state index contributed by atoms with van der Waals surface area (Å²) >= 11 is 3.34. The van der Waals surface area contributed by atoms with Crippen molar-refractivity contribution in [1.82, 2.24) is 5.32 Å². The molecule has 2 rings (SSSR count). The zero-order chi connectivity index (χ0) is 13.0. The van der Waals surface area contributed by atoms with Crippen molar-refractivity contribution in [3.63, 3.8) is 0 Å². The Bertz CT molecular complexity index is 394. The van der Waals surface area contributed by atoms with E-state index in [1.165, 1.54) is 25.7 Å². The van der Waals surface area contributed by atoms with Crippen LogP contribution >= 0.6 is 15.9 Å². The van der Waals surface area contributed by atoms with Crippen LogP contribution in [0.4, 0.5) is 0 Å². The van der Waals surface area contributed by atoms with Crippen molar-refractivity contribution in [3.05, 3.63) is 28.2 Å². The summed E-state index contributed by atoms with van der Waals surface area (Å²) in [5, 5.41) is 13.4. The highest BCUT2D eigenvalue weighted by atomic mass is 79.9. The van der Waals surface area contributed by atoms with E-state index in [9.17, 15) is 5.11 Å². The average Bonchev–Trinajstić information content (AvgIpc) is 2.35. The quantitative estimate of drug-likeness (QED) is 0.878. The van der Waals surface area contributed by atoms with Gasteiger partial charge in [0.2, 0.25) is 0 Å². The lowest BCUT2D eigenvalue weighted by atomic mass is 9.82. The molecule has 2 N–H and O–H groups in total. The molecular weight excluding hydrogens is 290 g/mol. The van der Waals surface area contributed by atoms with E-state index in [-0.39, 0.29) is 0 Å². The van der Waals surface area contributed by atoms with Gasteiger partial charge in [0.1, 0.15) is 5.75 Å². The topological polar surface area (TPSA) is 32.3 Å². The van der Waals surface area contributed by atoms with Crippen LogP contribution in [-0.2, 0) is 6.54 Å². The van der Waals surface area contributed by atoms with Crippen molar-refractivity contribution in [3.8, 4) is 5.75 Å². The first-order chi connectivity index (χ1) is 8.66. The lowest BCUT2D eigenvalue weighted by molar-refractivity contribution is 0.274. The van der Waals surface area contributed by atoms with Crippen LogP contribution in [0.1, 0.15) is 38.2 Å². The molecule has 0 saturated heterocycles. The van der Waals surface area contributed by atoms with Crippen molar-refractivity contribution < 1.29 is 5.11 Å². The van der Waals surface area contributed by atoms with Gasteiger partial charge in [-0.15, -0.1) is 0 Å². The molecule has 0 spiro atoms. The van der Waals surface area contributed by atoms with Gasteiger partial charge in [-0.2, -0.15) is 0 Å². The van der Waals surface area contributed by atoms with E-state index in [1.807, 2.05) is 18.2 Å². The number of hydrogen-bond donors (Lipinski definition) is 2. The minimum Gasteiger partial charge on any atom is -0.506 e. The average molecular weight is 312 g/mol. The zero-order valence-electron chi connectivity index (χ0n) is 11.0. The third-order valence-corrected chi connectivity index (χ3v) is 4.50. The number of aromatic hydroxyl groups is 1. The van der Waals surface area contributed by atoms with Gasteiger partial charge in [-0.1, -0.05) is 31.9 Å². The van der Waals surface area contributed by atoms with Crippen LogP contribution in [0, 0.1) is 11.8 Å². The van der Waals surface area contributed by atoms with Gasteiger partial charge < -0.3 is 10.4 Å². The van der Waals surface area contributed by atoms with Crippen LogP contribution in [0.5, 0.6) is 5.75 Å². The van der Waals surface area contributed by atoms with Gasteiger partial charge in [0.25, 0.3) is 0 Å². The summed E-state index contributed by atoms with van der Waals surface area (Å²) in [6.07, 6.45) is 5.46. The molecule has 0 bridgehead atoms. The number of phenols is 1. The van der Waals surface area contributed by atoms with Crippen LogP contribution in [0.2, 0.25) is 0 Å². The van der Waals surface area contributed by atoms with Crippen molar-refractivity contribution in [2.75, 3.05) is 6.54 Å². The minimum atomic E-state index is 0.363. The second-order valence-electron chi connectivity index (χ2n) is 5.52. The van der Waals surface area contributed by atoms with Crippen molar-refractivity contribution in [2.45, 2.75) is 39.2 Å². The SMILES string of the molecule is CC1CCCC(CNCc2cccc(Br)c2O)C1. The molecule has 1 fully saturated rings. The van der Waals surface area contributed by atoms with Gasteiger partial charge in [0.15, 0.2) is 0 Å². The standard InChI is InChI=1S/C15H22BrNO/c1-11-4-2-5-12(8-11)9-17-10-13-6-3-7-14(16)15(13)18/h3,6-7,11-12,17-18H,2,4-5,8-10H2,1H3. The largest absolute Gasteiger partial charge is 0.506 e. The van der Waals surface area contributed by atoms with Gasteiger partial charge >= 0.3 is 0 Å². The highest BCUT2D eigenvalue weighted by Crippen LogP contribution is 2.29. The number of phenolic OH excluding ortho intramolecular Hbond substituents is 1. The van der Waals surface area contributed by atoms with E-state index < -0.39 is 0 Å². The fraction of sp³-hybridized carbons (Fsp3) is 0.600. The molecule has 0 heterocycles. The maximum atomic E-state index is 9.89. The van der Waals surface area contributed by atoms with E-state index >= 15 is 0 Å². The Morgan fingerprint density at radius 2 is 2.22 bits per heavy atom. The second-order valence-corrected chi connectivity index (χ2v) is 6.37. The molecule has 1 saturated carbocycles. The molecule has 2 atom stereocenters. The molecule has 2 unspecified atom stereocenters. The Morgan fingerprint density at radius 1 is 1.39 bits per heavy atom. The number of halogens is 1. The Morgan fingerprint density at radius 3 is 3.00 bits per heavy atom. The molecule has 1 aliphatic rings.